The first kappa shape index (κ1) is 18.4. The largest absolute Gasteiger partial charge is 0.489 e. The van der Waals surface area contributed by atoms with Crippen molar-refractivity contribution in [2.24, 2.45) is 0 Å². The molecule has 1 heterocycles. The predicted molar refractivity (Wildman–Crippen MR) is 95.5 cm³/mol. The Labute approximate surface area is 154 Å². The number of benzene rings is 2. The van der Waals surface area contributed by atoms with Crippen molar-refractivity contribution in [3.63, 3.8) is 0 Å². The first-order chi connectivity index (χ1) is 13.0. The predicted octanol–water partition coefficient (Wildman–Crippen LogP) is 2.33. The summed E-state index contributed by atoms with van der Waals surface area (Å²) in [4.78, 5) is 35.0. The summed E-state index contributed by atoms with van der Waals surface area (Å²) < 4.78 is 19.1. The van der Waals surface area contributed by atoms with E-state index in [9.17, 15) is 18.8 Å². The number of nitrogens with one attached hydrogen (secondary N) is 3. The SMILES string of the molecule is O=C1CC[C@@H](C(=O)Nc2ccc(OCc3ccccc3F)cc2)NC(=O)N1. The summed E-state index contributed by atoms with van der Waals surface area (Å²) in [7, 11) is 0. The lowest BCUT2D eigenvalue weighted by atomic mass is 10.1. The normalized spacial score (nSPS) is 16.7. The molecule has 0 aliphatic carbocycles. The smallest absolute Gasteiger partial charge is 0.322 e. The molecule has 2 aromatic rings. The molecule has 1 atom stereocenters. The fourth-order valence-corrected chi connectivity index (χ4v) is 2.57. The van der Waals surface area contributed by atoms with Crippen molar-refractivity contribution in [1.82, 2.24) is 10.6 Å². The van der Waals surface area contributed by atoms with Gasteiger partial charge in [0.05, 0.1) is 0 Å². The van der Waals surface area contributed by atoms with Gasteiger partial charge in [-0.2, -0.15) is 0 Å². The molecule has 2 aromatic carbocycles. The second kappa shape index (κ2) is 8.31. The van der Waals surface area contributed by atoms with Crippen molar-refractivity contribution in [3.05, 3.63) is 59.9 Å². The molecule has 140 valence electrons. The molecule has 3 rings (SSSR count). The average molecular weight is 371 g/mol. The first-order valence-electron chi connectivity index (χ1n) is 8.39. The molecule has 0 saturated carbocycles. The number of amides is 4. The Balaban J connectivity index is 1.55. The van der Waals surface area contributed by atoms with Crippen LogP contribution in [-0.4, -0.2) is 23.9 Å². The van der Waals surface area contributed by atoms with Gasteiger partial charge in [-0.3, -0.25) is 14.9 Å². The van der Waals surface area contributed by atoms with Crippen LogP contribution in [0.1, 0.15) is 18.4 Å². The van der Waals surface area contributed by atoms with Crippen LogP contribution in [0.25, 0.3) is 0 Å². The molecule has 4 amide bonds. The van der Waals surface area contributed by atoms with Gasteiger partial charge in [-0.1, -0.05) is 18.2 Å². The maximum Gasteiger partial charge on any atom is 0.322 e. The van der Waals surface area contributed by atoms with Crippen LogP contribution in [0.3, 0.4) is 0 Å². The number of imide groups is 1. The average Bonchev–Trinajstić information content (AvgIpc) is 2.82. The minimum absolute atomic E-state index is 0.0830. The molecule has 1 aliphatic rings. The molecular formula is C19H18FN3O4. The van der Waals surface area contributed by atoms with Gasteiger partial charge in [0.25, 0.3) is 0 Å². The van der Waals surface area contributed by atoms with Crippen LogP contribution in [0.15, 0.2) is 48.5 Å². The van der Waals surface area contributed by atoms with Crippen LogP contribution < -0.4 is 20.7 Å². The standard InChI is InChI=1S/C19H18FN3O4/c20-15-4-2-1-3-12(15)11-27-14-7-5-13(6-8-14)21-18(25)16-9-10-17(24)23-19(26)22-16/h1-8,16H,9-11H2,(H,21,25)(H2,22,23,24,26)/t16-/m0/s1. The molecule has 3 N–H and O–H groups in total. The van der Waals surface area contributed by atoms with Gasteiger partial charge < -0.3 is 15.4 Å². The fraction of sp³-hybridized carbons (Fsp3) is 0.211. The van der Waals surface area contributed by atoms with Crippen LogP contribution in [0.4, 0.5) is 14.9 Å². The summed E-state index contributed by atoms with van der Waals surface area (Å²) in [6.07, 6.45) is 0.299. The number of ether oxygens (including phenoxy) is 1. The number of anilines is 1. The Kier molecular flexibility index (Phi) is 5.65. The van der Waals surface area contributed by atoms with Gasteiger partial charge in [0.2, 0.25) is 11.8 Å². The van der Waals surface area contributed by atoms with Gasteiger partial charge in [-0.05, 0) is 36.8 Å². The van der Waals surface area contributed by atoms with E-state index < -0.39 is 23.9 Å². The van der Waals surface area contributed by atoms with Crippen molar-refractivity contribution >= 4 is 23.5 Å². The quantitative estimate of drug-likeness (QED) is 0.752. The van der Waals surface area contributed by atoms with E-state index in [1.165, 1.54) is 6.07 Å². The van der Waals surface area contributed by atoms with Crippen molar-refractivity contribution < 1.29 is 23.5 Å². The van der Waals surface area contributed by atoms with Gasteiger partial charge in [-0.25, -0.2) is 9.18 Å². The third kappa shape index (κ3) is 5.04. The Morgan fingerprint density at radius 2 is 1.89 bits per heavy atom. The van der Waals surface area contributed by atoms with Gasteiger partial charge >= 0.3 is 6.03 Å². The van der Waals surface area contributed by atoms with E-state index in [0.29, 0.717) is 17.0 Å². The Bertz CT molecular complexity index is 854. The number of carbonyl (C=O) groups is 3. The summed E-state index contributed by atoms with van der Waals surface area (Å²) in [6, 6.07) is 11.4. The highest BCUT2D eigenvalue weighted by Gasteiger charge is 2.26. The number of hydrogen-bond acceptors (Lipinski definition) is 4. The summed E-state index contributed by atoms with van der Waals surface area (Å²) >= 11 is 0. The van der Waals surface area contributed by atoms with Crippen molar-refractivity contribution in [3.8, 4) is 5.75 Å². The van der Waals surface area contributed by atoms with Gasteiger partial charge in [-0.15, -0.1) is 0 Å². The summed E-state index contributed by atoms with van der Waals surface area (Å²) in [5.41, 5.74) is 0.957. The van der Waals surface area contributed by atoms with E-state index in [0.717, 1.165) is 0 Å². The topological polar surface area (TPSA) is 96.5 Å². The van der Waals surface area contributed by atoms with Gasteiger partial charge in [0, 0.05) is 17.7 Å². The zero-order chi connectivity index (χ0) is 19.2. The van der Waals surface area contributed by atoms with Crippen LogP contribution >= 0.6 is 0 Å². The fourth-order valence-electron chi connectivity index (χ4n) is 2.57. The third-order valence-corrected chi connectivity index (χ3v) is 4.01. The van der Waals surface area contributed by atoms with Crippen LogP contribution in [0.5, 0.6) is 5.75 Å². The van der Waals surface area contributed by atoms with Crippen LogP contribution in [-0.2, 0) is 16.2 Å². The Hall–Kier alpha value is -3.42. The van der Waals surface area contributed by atoms with Crippen molar-refractivity contribution in [1.29, 1.82) is 0 Å². The summed E-state index contributed by atoms with van der Waals surface area (Å²) in [5.74, 6) is -0.646. The maximum atomic E-state index is 13.6. The minimum atomic E-state index is -0.798. The van der Waals surface area contributed by atoms with E-state index in [1.807, 2.05) is 0 Å². The lowest BCUT2D eigenvalue weighted by Gasteiger charge is -2.15. The Morgan fingerprint density at radius 3 is 2.63 bits per heavy atom. The van der Waals surface area contributed by atoms with E-state index in [2.05, 4.69) is 16.0 Å². The van der Waals surface area contributed by atoms with Crippen molar-refractivity contribution in [2.45, 2.75) is 25.5 Å². The van der Waals surface area contributed by atoms with Crippen LogP contribution in [0.2, 0.25) is 0 Å². The number of carbonyl (C=O) groups excluding carboxylic acids is 3. The summed E-state index contributed by atoms with van der Waals surface area (Å²) in [5, 5.41) is 7.24. The van der Waals surface area contributed by atoms with E-state index in [1.54, 1.807) is 42.5 Å². The molecule has 0 bridgehead atoms. The third-order valence-electron chi connectivity index (χ3n) is 4.01. The van der Waals surface area contributed by atoms with Crippen molar-refractivity contribution in [2.75, 3.05) is 5.32 Å². The van der Waals surface area contributed by atoms with E-state index >= 15 is 0 Å². The molecule has 1 saturated heterocycles. The molecule has 0 aromatic heterocycles. The molecule has 0 radical (unpaired) electrons. The second-order valence-corrected chi connectivity index (χ2v) is 6.01. The van der Waals surface area contributed by atoms with E-state index in [4.69, 9.17) is 4.74 Å². The molecule has 8 heteroatoms. The number of halogens is 1. The highest BCUT2D eigenvalue weighted by molar-refractivity contribution is 6.01. The minimum Gasteiger partial charge on any atom is -0.489 e. The number of hydrogen-bond donors (Lipinski definition) is 3. The number of rotatable bonds is 5. The number of urea groups is 1. The highest BCUT2D eigenvalue weighted by atomic mass is 19.1. The van der Waals surface area contributed by atoms with Gasteiger partial charge in [0.1, 0.15) is 24.2 Å². The highest BCUT2D eigenvalue weighted by Crippen LogP contribution is 2.18. The lowest BCUT2D eigenvalue weighted by molar-refractivity contribution is -0.120. The Morgan fingerprint density at radius 1 is 1.15 bits per heavy atom. The summed E-state index contributed by atoms with van der Waals surface area (Å²) in [6.45, 7) is 0.0908. The maximum absolute atomic E-state index is 13.6. The molecule has 27 heavy (non-hydrogen) atoms. The zero-order valence-electron chi connectivity index (χ0n) is 14.3. The zero-order valence-corrected chi connectivity index (χ0v) is 14.3. The van der Waals surface area contributed by atoms with Gasteiger partial charge in [0.15, 0.2) is 0 Å². The lowest BCUT2D eigenvalue weighted by Crippen LogP contribution is -2.45. The molecular weight excluding hydrogens is 353 g/mol. The molecule has 0 spiro atoms. The molecule has 1 aliphatic heterocycles. The molecule has 7 nitrogen and oxygen atoms in total. The first-order valence-corrected chi connectivity index (χ1v) is 8.39. The van der Waals surface area contributed by atoms with Crippen LogP contribution in [0, 0.1) is 5.82 Å². The second-order valence-electron chi connectivity index (χ2n) is 6.01. The molecule has 1 fully saturated rings. The van der Waals surface area contributed by atoms with E-state index in [-0.39, 0.29) is 25.3 Å². The molecule has 0 unspecified atom stereocenters. The monoisotopic (exact) mass is 371 g/mol.